The smallest absolute Gasteiger partial charge is 0.148 e. The molecule has 0 aliphatic carbocycles. The van der Waals surface area contributed by atoms with Crippen molar-refractivity contribution in [2.45, 2.75) is 12.5 Å². The Morgan fingerprint density at radius 2 is 2.25 bits per heavy atom. The van der Waals surface area contributed by atoms with Crippen molar-refractivity contribution in [1.82, 2.24) is 4.90 Å². The lowest BCUT2D eigenvalue weighted by Crippen LogP contribution is -2.27. The molecule has 1 N–H and O–H groups in total. The van der Waals surface area contributed by atoms with E-state index in [1.54, 1.807) is 0 Å². The lowest BCUT2D eigenvalue weighted by molar-refractivity contribution is 0.178. The van der Waals surface area contributed by atoms with Crippen LogP contribution in [-0.4, -0.2) is 56.2 Å². The number of aliphatic hydroxyl groups excluding tert-OH is 1. The Balaban J connectivity index is 2.25. The van der Waals surface area contributed by atoms with Crippen LogP contribution < -0.4 is 0 Å². The van der Waals surface area contributed by atoms with Crippen LogP contribution in [0.25, 0.3) is 0 Å². The molecule has 0 aromatic heterocycles. The standard InChI is InChI=1S/C7H15NO3S/c1-12(10,11)5-4-8-3-2-7(9)6-8/h7,9H,2-6H2,1H3. The van der Waals surface area contributed by atoms with Gasteiger partial charge in [0.2, 0.25) is 0 Å². The first-order valence-corrected chi connectivity index (χ1v) is 6.11. The van der Waals surface area contributed by atoms with E-state index in [0.717, 1.165) is 13.0 Å². The van der Waals surface area contributed by atoms with E-state index in [2.05, 4.69) is 0 Å². The summed E-state index contributed by atoms with van der Waals surface area (Å²) in [6.45, 7) is 1.99. The SMILES string of the molecule is CS(=O)(=O)CCN1CCC(O)C1. The van der Waals surface area contributed by atoms with Crippen molar-refractivity contribution in [3.8, 4) is 0 Å². The Morgan fingerprint density at radius 1 is 1.58 bits per heavy atom. The van der Waals surface area contributed by atoms with Gasteiger partial charge in [-0.2, -0.15) is 0 Å². The van der Waals surface area contributed by atoms with Gasteiger partial charge in [-0.25, -0.2) is 8.42 Å². The number of sulfone groups is 1. The van der Waals surface area contributed by atoms with Crippen molar-refractivity contribution in [1.29, 1.82) is 0 Å². The Bertz CT molecular complexity index is 237. The predicted octanol–water partition coefficient (Wildman–Crippen LogP) is -0.902. The largest absolute Gasteiger partial charge is 0.392 e. The van der Waals surface area contributed by atoms with Gasteiger partial charge in [0.05, 0.1) is 11.9 Å². The summed E-state index contributed by atoms with van der Waals surface area (Å²) in [5.41, 5.74) is 0. The van der Waals surface area contributed by atoms with Gasteiger partial charge in [-0.15, -0.1) is 0 Å². The molecule has 0 bridgehead atoms. The van der Waals surface area contributed by atoms with Gasteiger partial charge in [0, 0.05) is 25.9 Å². The summed E-state index contributed by atoms with van der Waals surface area (Å²) >= 11 is 0. The Kier molecular flexibility index (Phi) is 3.09. The van der Waals surface area contributed by atoms with Gasteiger partial charge in [0.25, 0.3) is 0 Å². The average Bonchev–Trinajstić information content (AvgIpc) is 2.30. The van der Waals surface area contributed by atoms with Crippen molar-refractivity contribution < 1.29 is 13.5 Å². The molecule has 72 valence electrons. The molecule has 0 aromatic carbocycles. The molecular formula is C7H15NO3S. The van der Waals surface area contributed by atoms with Crippen LogP contribution in [0.1, 0.15) is 6.42 Å². The van der Waals surface area contributed by atoms with E-state index in [4.69, 9.17) is 5.11 Å². The van der Waals surface area contributed by atoms with Crippen molar-refractivity contribution in [3.63, 3.8) is 0 Å². The van der Waals surface area contributed by atoms with E-state index >= 15 is 0 Å². The van der Waals surface area contributed by atoms with Gasteiger partial charge in [-0.1, -0.05) is 0 Å². The molecule has 0 amide bonds. The van der Waals surface area contributed by atoms with Gasteiger partial charge in [-0.3, -0.25) is 4.90 Å². The molecule has 1 aliphatic heterocycles. The molecule has 1 heterocycles. The Labute approximate surface area is 73.1 Å². The van der Waals surface area contributed by atoms with Crippen LogP contribution in [0.5, 0.6) is 0 Å². The highest BCUT2D eigenvalue weighted by molar-refractivity contribution is 7.90. The van der Waals surface area contributed by atoms with Crippen LogP contribution in [0, 0.1) is 0 Å². The minimum absolute atomic E-state index is 0.194. The van der Waals surface area contributed by atoms with Crippen molar-refractivity contribution in [3.05, 3.63) is 0 Å². The first kappa shape index (κ1) is 9.95. The minimum Gasteiger partial charge on any atom is -0.392 e. The number of hydrogen-bond acceptors (Lipinski definition) is 4. The average molecular weight is 193 g/mol. The number of likely N-dealkylation sites (tertiary alicyclic amines) is 1. The monoisotopic (exact) mass is 193 g/mol. The zero-order chi connectivity index (χ0) is 9.19. The third-order valence-electron chi connectivity index (χ3n) is 2.03. The summed E-state index contributed by atoms with van der Waals surface area (Å²) in [5, 5.41) is 9.14. The van der Waals surface area contributed by atoms with Crippen LogP contribution in [0.3, 0.4) is 0 Å². The van der Waals surface area contributed by atoms with Crippen LogP contribution in [0.2, 0.25) is 0 Å². The number of rotatable bonds is 3. The normalized spacial score (nSPS) is 26.3. The maximum atomic E-state index is 10.8. The van der Waals surface area contributed by atoms with Crippen molar-refractivity contribution >= 4 is 9.84 Å². The lowest BCUT2D eigenvalue weighted by Gasteiger charge is -2.13. The van der Waals surface area contributed by atoms with E-state index in [-0.39, 0.29) is 11.9 Å². The summed E-state index contributed by atoms with van der Waals surface area (Å²) in [5.74, 6) is 0.194. The van der Waals surface area contributed by atoms with Gasteiger partial charge in [0.15, 0.2) is 0 Å². The molecule has 1 saturated heterocycles. The highest BCUT2D eigenvalue weighted by Crippen LogP contribution is 2.07. The van der Waals surface area contributed by atoms with Gasteiger partial charge >= 0.3 is 0 Å². The maximum Gasteiger partial charge on any atom is 0.148 e. The third kappa shape index (κ3) is 3.51. The number of β-amino-alcohol motifs (C(OH)–C–C–N with tert-alkyl or cyclic N) is 1. The topological polar surface area (TPSA) is 57.6 Å². The van der Waals surface area contributed by atoms with Crippen LogP contribution in [-0.2, 0) is 9.84 Å². The van der Waals surface area contributed by atoms with E-state index in [9.17, 15) is 8.42 Å². The maximum absolute atomic E-state index is 10.8. The molecular weight excluding hydrogens is 178 g/mol. The fourth-order valence-corrected chi connectivity index (χ4v) is 1.90. The Hall–Kier alpha value is -0.130. The molecule has 0 spiro atoms. The first-order valence-electron chi connectivity index (χ1n) is 4.05. The second kappa shape index (κ2) is 3.72. The van der Waals surface area contributed by atoms with Gasteiger partial charge in [-0.05, 0) is 6.42 Å². The minimum atomic E-state index is -2.85. The molecule has 1 aliphatic rings. The molecule has 0 saturated carbocycles. The van der Waals surface area contributed by atoms with Gasteiger partial charge in [0.1, 0.15) is 9.84 Å². The number of nitrogens with zero attached hydrogens (tertiary/aromatic N) is 1. The van der Waals surface area contributed by atoms with E-state index in [1.807, 2.05) is 4.90 Å². The summed E-state index contributed by atoms with van der Waals surface area (Å²) in [6.07, 6.45) is 1.74. The summed E-state index contributed by atoms with van der Waals surface area (Å²) in [6, 6.07) is 0. The predicted molar refractivity (Wildman–Crippen MR) is 46.8 cm³/mol. The van der Waals surface area contributed by atoms with Gasteiger partial charge < -0.3 is 5.11 Å². The fourth-order valence-electron chi connectivity index (χ4n) is 1.31. The third-order valence-corrected chi connectivity index (χ3v) is 2.95. The molecule has 0 aromatic rings. The second-order valence-electron chi connectivity index (χ2n) is 3.37. The van der Waals surface area contributed by atoms with Crippen molar-refractivity contribution in [2.75, 3.05) is 31.6 Å². The molecule has 1 rings (SSSR count). The summed E-state index contributed by atoms with van der Waals surface area (Å²) < 4.78 is 21.6. The molecule has 5 heteroatoms. The summed E-state index contributed by atoms with van der Waals surface area (Å²) in [7, 11) is -2.85. The molecule has 0 radical (unpaired) electrons. The molecule has 4 nitrogen and oxygen atoms in total. The van der Waals surface area contributed by atoms with E-state index < -0.39 is 9.84 Å². The zero-order valence-electron chi connectivity index (χ0n) is 7.23. The lowest BCUT2D eigenvalue weighted by atomic mass is 10.3. The van der Waals surface area contributed by atoms with Crippen LogP contribution >= 0.6 is 0 Å². The second-order valence-corrected chi connectivity index (χ2v) is 5.63. The highest BCUT2D eigenvalue weighted by Gasteiger charge is 2.20. The quantitative estimate of drug-likeness (QED) is 0.631. The first-order chi connectivity index (χ1) is 5.47. The van der Waals surface area contributed by atoms with Crippen LogP contribution in [0.15, 0.2) is 0 Å². The summed E-state index contributed by atoms with van der Waals surface area (Å²) in [4.78, 5) is 1.98. The molecule has 1 fully saturated rings. The molecule has 1 unspecified atom stereocenters. The highest BCUT2D eigenvalue weighted by atomic mass is 32.2. The number of hydrogen-bond donors (Lipinski definition) is 1. The Morgan fingerprint density at radius 3 is 2.67 bits per heavy atom. The van der Waals surface area contributed by atoms with E-state index in [0.29, 0.717) is 13.1 Å². The number of aliphatic hydroxyl groups is 1. The van der Waals surface area contributed by atoms with Crippen molar-refractivity contribution in [2.24, 2.45) is 0 Å². The molecule has 12 heavy (non-hydrogen) atoms. The van der Waals surface area contributed by atoms with E-state index in [1.165, 1.54) is 6.26 Å². The fraction of sp³-hybridized carbons (Fsp3) is 1.00. The zero-order valence-corrected chi connectivity index (χ0v) is 8.05. The van der Waals surface area contributed by atoms with Crippen LogP contribution in [0.4, 0.5) is 0 Å². The molecule has 1 atom stereocenters.